The van der Waals surface area contributed by atoms with Crippen LogP contribution in [0.15, 0.2) is 16.6 Å². The normalized spacial score (nSPS) is 37.2. The molecule has 0 aromatic heterocycles. The molecule has 1 aromatic rings. The van der Waals surface area contributed by atoms with Crippen LogP contribution in [0, 0.1) is 29.5 Å². The molecule has 21 heavy (non-hydrogen) atoms. The first-order chi connectivity index (χ1) is 10.1. The Kier molecular flexibility index (Phi) is 3.79. The van der Waals surface area contributed by atoms with Crippen LogP contribution in [0.1, 0.15) is 37.7 Å². The van der Waals surface area contributed by atoms with E-state index >= 15 is 0 Å². The van der Waals surface area contributed by atoms with Crippen LogP contribution < -0.4 is 0 Å². The van der Waals surface area contributed by atoms with Crippen LogP contribution in [0.3, 0.4) is 0 Å². The van der Waals surface area contributed by atoms with Crippen molar-refractivity contribution in [2.24, 2.45) is 23.7 Å². The molecule has 1 aromatic carbocycles. The van der Waals surface area contributed by atoms with E-state index in [1.54, 1.807) is 6.07 Å². The Bertz CT molecular complexity index is 534. The summed E-state index contributed by atoms with van der Waals surface area (Å²) in [6, 6.07) is 3.11. The maximum atomic E-state index is 13.7. The van der Waals surface area contributed by atoms with Crippen LogP contribution in [0.5, 0.6) is 0 Å². The minimum absolute atomic E-state index is 0.275. The van der Waals surface area contributed by atoms with Gasteiger partial charge in [0.2, 0.25) is 0 Å². The zero-order valence-electron chi connectivity index (χ0n) is 11.8. The summed E-state index contributed by atoms with van der Waals surface area (Å²) < 4.78 is 20.3. The van der Waals surface area contributed by atoms with Crippen molar-refractivity contribution >= 4 is 27.5 Å². The van der Waals surface area contributed by atoms with Crippen molar-refractivity contribution in [3.05, 3.63) is 33.0 Å². The molecule has 0 unspecified atom stereocenters. The Hall–Kier alpha value is -0.120. The molecule has 0 N–H and O–H groups in total. The summed E-state index contributed by atoms with van der Waals surface area (Å²) in [5, 5.41) is 0.576. The van der Waals surface area contributed by atoms with E-state index < -0.39 is 0 Å². The van der Waals surface area contributed by atoms with Crippen molar-refractivity contribution in [2.75, 3.05) is 0 Å². The van der Waals surface area contributed by atoms with Gasteiger partial charge in [-0.25, -0.2) is 4.39 Å². The molecule has 0 saturated heterocycles. The van der Waals surface area contributed by atoms with Crippen molar-refractivity contribution in [3.63, 3.8) is 0 Å². The van der Waals surface area contributed by atoms with Crippen molar-refractivity contribution in [1.29, 1.82) is 0 Å². The summed E-state index contributed by atoms with van der Waals surface area (Å²) in [4.78, 5) is 0. The molecule has 0 atom stereocenters. The zero-order chi connectivity index (χ0) is 14.6. The standard InChI is InChI=1S/C17H19BrClFO/c18-14-7-15(19)13(6-16(14)20)8-21-17-11-2-9-1-10(4-11)5-12(17)3-9/h6-7,9-12,17H,1-5,8H2. The van der Waals surface area contributed by atoms with Gasteiger partial charge in [-0.05, 0) is 89.4 Å². The van der Waals surface area contributed by atoms with Gasteiger partial charge in [0.25, 0.3) is 0 Å². The van der Waals surface area contributed by atoms with Gasteiger partial charge in [-0.2, -0.15) is 0 Å². The van der Waals surface area contributed by atoms with Crippen LogP contribution in [0.25, 0.3) is 0 Å². The van der Waals surface area contributed by atoms with E-state index in [0.29, 0.717) is 22.2 Å². The van der Waals surface area contributed by atoms with Crippen LogP contribution in [0.4, 0.5) is 4.39 Å². The molecular formula is C17H19BrClFO. The number of benzene rings is 1. The third-order valence-corrected chi connectivity index (χ3v) is 6.62. The summed E-state index contributed by atoms with van der Waals surface area (Å²) in [6.07, 6.45) is 7.14. The Morgan fingerprint density at radius 3 is 2.33 bits per heavy atom. The van der Waals surface area contributed by atoms with Crippen molar-refractivity contribution in [2.45, 2.75) is 44.8 Å². The minimum atomic E-state index is -0.275. The van der Waals surface area contributed by atoms with Crippen molar-refractivity contribution in [3.8, 4) is 0 Å². The molecule has 0 radical (unpaired) electrons. The highest BCUT2D eigenvalue weighted by atomic mass is 79.9. The van der Waals surface area contributed by atoms with E-state index in [4.69, 9.17) is 16.3 Å². The lowest BCUT2D eigenvalue weighted by molar-refractivity contribution is -0.132. The summed E-state index contributed by atoms with van der Waals surface area (Å²) >= 11 is 9.35. The van der Waals surface area contributed by atoms with E-state index in [9.17, 15) is 4.39 Å². The van der Waals surface area contributed by atoms with Gasteiger partial charge in [0.15, 0.2) is 0 Å². The van der Waals surface area contributed by atoms with E-state index in [2.05, 4.69) is 15.9 Å². The molecule has 4 bridgehead atoms. The lowest BCUT2D eigenvalue weighted by Crippen LogP contribution is -2.49. The molecule has 4 aliphatic rings. The second-order valence-corrected chi connectivity index (χ2v) is 8.33. The van der Waals surface area contributed by atoms with Crippen LogP contribution in [-0.2, 0) is 11.3 Å². The molecule has 0 aliphatic heterocycles. The Labute approximate surface area is 138 Å². The molecule has 4 saturated carbocycles. The third-order valence-electron chi connectivity index (χ3n) is 5.66. The number of ether oxygens (including phenoxy) is 1. The number of hydrogen-bond acceptors (Lipinski definition) is 1. The topological polar surface area (TPSA) is 9.23 Å². The molecule has 4 aliphatic carbocycles. The molecule has 0 heterocycles. The first-order valence-corrected chi connectivity index (χ1v) is 9.02. The smallest absolute Gasteiger partial charge is 0.137 e. The van der Waals surface area contributed by atoms with Gasteiger partial charge >= 0.3 is 0 Å². The fraction of sp³-hybridized carbons (Fsp3) is 0.647. The van der Waals surface area contributed by atoms with Gasteiger partial charge in [0.1, 0.15) is 5.82 Å². The highest BCUT2D eigenvalue weighted by molar-refractivity contribution is 9.10. The van der Waals surface area contributed by atoms with E-state index in [0.717, 1.165) is 29.2 Å². The SMILES string of the molecule is Fc1cc(COC2C3CC4CC(C3)CC2C4)c(Cl)cc1Br. The van der Waals surface area contributed by atoms with E-state index in [1.165, 1.54) is 38.2 Å². The number of halogens is 3. The lowest BCUT2D eigenvalue weighted by atomic mass is 9.55. The highest BCUT2D eigenvalue weighted by Gasteiger charge is 2.48. The Morgan fingerprint density at radius 2 is 1.71 bits per heavy atom. The minimum Gasteiger partial charge on any atom is -0.373 e. The second kappa shape index (κ2) is 5.50. The Morgan fingerprint density at radius 1 is 1.10 bits per heavy atom. The van der Waals surface area contributed by atoms with E-state index in [-0.39, 0.29) is 5.82 Å². The number of hydrogen-bond donors (Lipinski definition) is 0. The third kappa shape index (κ3) is 2.66. The first-order valence-electron chi connectivity index (χ1n) is 7.85. The van der Waals surface area contributed by atoms with Crippen molar-refractivity contribution < 1.29 is 9.13 Å². The first kappa shape index (κ1) is 14.5. The van der Waals surface area contributed by atoms with Gasteiger partial charge in [-0.15, -0.1) is 0 Å². The maximum Gasteiger partial charge on any atom is 0.137 e. The molecule has 1 nitrogen and oxygen atoms in total. The van der Waals surface area contributed by atoms with Crippen LogP contribution in [-0.4, -0.2) is 6.10 Å². The predicted octanol–water partition coefficient (Wildman–Crippen LogP) is 5.58. The molecule has 4 heteroatoms. The average Bonchev–Trinajstić information content (AvgIpc) is 2.42. The van der Waals surface area contributed by atoms with E-state index in [1.807, 2.05) is 0 Å². The summed E-state index contributed by atoms with van der Waals surface area (Å²) in [6.45, 7) is 0.427. The molecule has 4 fully saturated rings. The van der Waals surface area contributed by atoms with Crippen LogP contribution in [0.2, 0.25) is 5.02 Å². The Balaban J connectivity index is 1.46. The summed E-state index contributed by atoms with van der Waals surface area (Å²) in [5.41, 5.74) is 0.756. The summed E-state index contributed by atoms with van der Waals surface area (Å²) in [7, 11) is 0. The maximum absolute atomic E-state index is 13.7. The molecule has 0 spiro atoms. The molecule has 0 amide bonds. The average molecular weight is 374 g/mol. The fourth-order valence-corrected chi connectivity index (χ4v) is 5.70. The zero-order valence-corrected chi connectivity index (χ0v) is 14.2. The largest absolute Gasteiger partial charge is 0.373 e. The highest BCUT2D eigenvalue weighted by Crippen LogP contribution is 2.54. The van der Waals surface area contributed by atoms with Gasteiger partial charge in [-0.3, -0.25) is 0 Å². The molecular weight excluding hydrogens is 355 g/mol. The van der Waals surface area contributed by atoms with Crippen molar-refractivity contribution in [1.82, 2.24) is 0 Å². The fourth-order valence-electron chi connectivity index (χ4n) is 5.01. The lowest BCUT2D eigenvalue weighted by Gasteiger charge is -2.54. The molecule has 5 rings (SSSR count). The van der Waals surface area contributed by atoms with Crippen LogP contribution >= 0.6 is 27.5 Å². The van der Waals surface area contributed by atoms with Gasteiger partial charge in [0.05, 0.1) is 17.2 Å². The number of rotatable bonds is 3. The predicted molar refractivity (Wildman–Crippen MR) is 84.7 cm³/mol. The van der Waals surface area contributed by atoms with Gasteiger partial charge < -0.3 is 4.74 Å². The molecule has 114 valence electrons. The van der Waals surface area contributed by atoms with Gasteiger partial charge in [0, 0.05) is 5.02 Å². The monoisotopic (exact) mass is 372 g/mol. The summed E-state index contributed by atoms with van der Waals surface area (Å²) in [5.74, 6) is 3.06. The quantitative estimate of drug-likeness (QED) is 0.628. The second-order valence-electron chi connectivity index (χ2n) is 7.06. The van der Waals surface area contributed by atoms with Gasteiger partial charge in [-0.1, -0.05) is 11.6 Å².